The molecular formula is C15H14ClFN2. The molecule has 4 heteroatoms. The molecule has 1 aromatic carbocycles. The first kappa shape index (κ1) is 12.5. The van der Waals surface area contributed by atoms with Crippen molar-refractivity contribution in [2.75, 3.05) is 0 Å². The van der Waals surface area contributed by atoms with Crippen molar-refractivity contribution in [1.29, 1.82) is 0 Å². The highest BCUT2D eigenvalue weighted by Gasteiger charge is 2.28. The van der Waals surface area contributed by atoms with Crippen molar-refractivity contribution in [2.45, 2.75) is 31.6 Å². The van der Waals surface area contributed by atoms with Crippen LogP contribution < -0.4 is 0 Å². The molecule has 0 bridgehead atoms. The van der Waals surface area contributed by atoms with Gasteiger partial charge in [0, 0.05) is 23.2 Å². The van der Waals surface area contributed by atoms with E-state index in [1.165, 1.54) is 25.0 Å². The molecule has 0 atom stereocenters. The van der Waals surface area contributed by atoms with Crippen LogP contribution in [0.15, 0.2) is 24.4 Å². The van der Waals surface area contributed by atoms with E-state index >= 15 is 0 Å². The number of halogens is 2. The smallest absolute Gasteiger partial charge is 0.159 e. The summed E-state index contributed by atoms with van der Waals surface area (Å²) in [4.78, 5) is 9.01. The van der Waals surface area contributed by atoms with E-state index in [-0.39, 0.29) is 5.82 Å². The molecule has 1 heterocycles. The van der Waals surface area contributed by atoms with E-state index in [9.17, 15) is 4.39 Å². The van der Waals surface area contributed by atoms with E-state index in [2.05, 4.69) is 9.97 Å². The topological polar surface area (TPSA) is 25.8 Å². The minimum absolute atomic E-state index is 0.235. The second-order valence-electron chi connectivity index (χ2n) is 4.97. The van der Waals surface area contributed by atoms with Gasteiger partial charge in [0.15, 0.2) is 5.82 Å². The van der Waals surface area contributed by atoms with Crippen molar-refractivity contribution in [1.82, 2.24) is 9.97 Å². The van der Waals surface area contributed by atoms with Gasteiger partial charge >= 0.3 is 0 Å². The van der Waals surface area contributed by atoms with Crippen LogP contribution in [-0.2, 0) is 5.88 Å². The van der Waals surface area contributed by atoms with E-state index < -0.39 is 0 Å². The Labute approximate surface area is 116 Å². The zero-order valence-corrected chi connectivity index (χ0v) is 11.4. The minimum atomic E-state index is -0.235. The molecule has 19 heavy (non-hydrogen) atoms. The first-order chi connectivity index (χ1) is 9.19. The Kier molecular flexibility index (Phi) is 3.23. The fourth-order valence-corrected chi connectivity index (χ4v) is 2.45. The number of benzene rings is 1. The molecule has 0 aliphatic heterocycles. The molecule has 1 aliphatic carbocycles. The summed E-state index contributed by atoms with van der Waals surface area (Å²) in [6.45, 7) is 1.87. The minimum Gasteiger partial charge on any atom is -0.236 e. The van der Waals surface area contributed by atoms with E-state index in [0.717, 1.165) is 22.4 Å². The van der Waals surface area contributed by atoms with Gasteiger partial charge in [0.25, 0.3) is 0 Å². The molecule has 98 valence electrons. The lowest BCUT2D eigenvalue weighted by atomic mass is 10.1. The predicted molar refractivity (Wildman–Crippen MR) is 73.7 cm³/mol. The third-order valence-electron chi connectivity index (χ3n) is 3.44. The molecule has 1 aromatic heterocycles. The Balaban J connectivity index is 2.07. The largest absolute Gasteiger partial charge is 0.236 e. The highest BCUT2D eigenvalue weighted by atomic mass is 35.5. The number of nitrogens with zero attached hydrogens (tertiary/aromatic N) is 2. The van der Waals surface area contributed by atoms with Crippen LogP contribution in [-0.4, -0.2) is 9.97 Å². The summed E-state index contributed by atoms with van der Waals surface area (Å²) in [7, 11) is 0. The highest BCUT2D eigenvalue weighted by Crippen LogP contribution is 2.41. The van der Waals surface area contributed by atoms with Crippen molar-refractivity contribution in [3.63, 3.8) is 0 Å². The molecular weight excluding hydrogens is 263 g/mol. The molecule has 1 saturated carbocycles. The number of hydrogen-bond donors (Lipinski definition) is 0. The molecule has 0 unspecified atom stereocenters. The second-order valence-corrected chi connectivity index (χ2v) is 5.24. The summed E-state index contributed by atoms with van der Waals surface area (Å²) >= 11 is 5.92. The predicted octanol–water partition coefficient (Wildman–Crippen LogP) is 4.21. The van der Waals surface area contributed by atoms with E-state index in [1.54, 1.807) is 12.3 Å². The van der Waals surface area contributed by atoms with E-state index in [0.29, 0.717) is 17.6 Å². The number of alkyl halides is 1. The van der Waals surface area contributed by atoms with Crippen molar-refractivity contribution >= 4 is 11.6 Å². The maximum atomic E-state index is 13.1. The van der Waals surface area contributed by atoms with E-state index in [4.69, 9.17) is 11.6 Å². The molecule has 2 nitrogen and oxygen atoms in total. The van der Waals surface area contributed by atoms with Crippen LogP contribution in [0.5, 0.6) is 0 Å². The summed E-state index contributed by atoms with van der Waals surface area (Å²) < 4.78 is 13.1. The van der Waals surface area contributed by atoms with Gasteiger partial charge < -0.3 is 0 Å². The monoisotopic (exact) mass is 276 g/mol. The van der Waals surface area contributed by atoms with Crippen molar-refractivity contribution < 1.29 is 4.39 Å². The Bertz CT molecular complexity index is 624. The average Bonchev–Trinajstić information content (AvgIpc) is 3.22. The highest BCUT2D eigenvalue weighted by molar-refractivity contribution is 6.17. The van der Waals surface area contributed by atoms with Gasteiger partial charge in [-0.05, 0) is 43.5 Å². The summed E-state index contributed by atoms with van der Waals surface area (Å²) in [6.07, 6.45) is 4.14. The van der Waals surface area contributed by atoms with Gasteiger partial charge in [-0.25, -0.2) is 14.4 Å². The molecule has 2 aromatic rings. The molecule has 3 rings (SSSR count). The normalized spacial score (nSPS) is 14.7. The molecule has 0 amide bonds. The Morgan fingerprint density at radius 2 is 2.16 bits per heavy atom. The second kappa shape index (κ2) is 4.89. The van der Waals surface area contributed by atoms with Crippen LogP contribution in [0.25, 0.3) is 11.4 Å². The Morgan fingerprint density at radius 1 is 1.37 bits per heavy atom. The number of aromatic nitrogens is 2. The van der Waals surface area contributed by atoms with Gasteiger partial charge in [0.1, 0.15) is 5.82 Å². The summed E-state index contributed by atoms with van der Waals surface area (Å²) in [6, 6.07) is 4.68. The number of aryl methyl sites for hydroxylation is 1. The van der Waals surface area contributed by atoms with Crippen molar-refractivity contribution in [2.24, 2.45) is 0 Å². The van der Waals surface area contributed by atoms with E-state index in [1.807, 2.05) is 6.92 Å². The fraction of sp³-hybridized carbons (Fsp3) is 0.333. The Morgan fingerprint density at radius 3 is 2.79 bits per heavy atom. The Hall–Kier alpha value is -1.48. The maximum Gasteiger partial charge on any atom is 0.159 e. The zero-order valence-electron chi connectivity index (χ0n) is 10.7. The SMILES string of the molecule is Cc1cc(F)ccc1-c1ncc(CCl)c(C2CC2)n1. The van der Waals surface area contributed by atoms with Gasteiger partial charge in [-0.3, -0.25) is 0 Å². The molecule has 0 spiro atoms. The third kappa shape index (κ3) is 2.47. The van der Waals surface area contributed by atoms with Crippen molar-refractivity contribution in [3.05, 3.63) is 47.0 Å². The zero-order chi connectivity index (χ0) is 13.4. The fourth-order valence-electron chi connectivity index (χ4n) is 2.24. The first-order valence-corrected chi connectivity index (χ1v) is 6.91. The molecule has 0 N–H and O–H groups in total. The van der Waals surface area contributed by atoms with Crippen molar-refractivity contribution in [3.8, 4) is 11.4 Å². The third-order valence-corrected chi connectivity index (χ3v) is 3.72. The molecule has 1 aliphatic rings. The van der Waals surface area contributed by atoms with Crippen LogP contribution in [0.4, 0.5) is 4.39 Å². The number of rotatable bonds is 3. The first-order valence-electron chi connectivity index (χ1n) is 6.37. The van der Waals surface area contributed by atoms with Crippen LogP contribution in [0, 0.1) is 12.7 Å². The molecule has 1 fully saturated rings. The van der Waals surface area contributed by atoms with Crippen LogP contribution >= 0.6 is 11.6 Å². The summed E-state index contributed by atoms with van der Waals surface area (Å²) in [5, 5.41) is 0. The van der Waals surface area contributed by atoms with Crippen LogP contribution in [0.1, 0.15) is 35.6 Å². The molecule has 0 radical (unpaired) electrons. The van der Waals surface area contributed by atoms with Crippen LogP contribution in [0.2, 0.25) is 0 Å². The summed E-state index contributed by atoms with van der Waals surface area (Å²) in [5.74, 6) is 1.39. The standard InChI is InChI=1S/C15H14ClFN2/c1-9-6-12(17)4-5-13(9)15-18-8-11(7-16)14(19-15)10-2-3-10/h4-6,8,10H,2-3,7H2,1H3. The summed E-state index contributed by atoms with van der Waals surface area (Å²) in [5.41, 5.74) is 3.79. The lowest BCUT2D eigenvalue weighted by molar-refractivity contribution is 0.627. The lowest BCUT2D eigenvalue weighted by Crippen LogP contribution is -2.00. The average molecular weight is 277 g/mol. The van der Waals surface area contributed by atoms with Gasteiger partial charge in [-0.1, -0.05) is 0 Å². The lowest BCUT2D eigenvalue weighted by Gasteiger charge is -2.09. The van der Waals surface area contributed by atoms with Gasteiger partial charge in [-0.15, -0.1) is 11.6 Å². The van der Waals surface area contributed by atoms with Gasteiger partial charge in [0.2, 0.25) is 0 Å². The molecule has 0 saturated heterocycles. The number of hydrogen-bond acceptors (Lipinski definition) is 2. The maximum absolute atomic E-state index is 13.1. The quantitative estimate of drug-likeness (QED) is 0.785. The van der Waals surface area contributed by atoms with Gasteiger partial charge in [0.05, 0.1) is 11.6 Å². The van der Waals surface area contributed by atoms with Crippen LogP contribution in [0.3, 0.4) is 0 Å². The van der Waals surface area contributed by atoms with Gasteiger partial charge in [-0.2, -0.15) is 0 Å².